The fraction of sp³-hybridized carbons (Fsp3) is 1.00. The molecule has 0 saturated carbocycles. The van der Waals surface area contributed by atoms with Gasteiger partial charge in [-0.25, -0.2) is 8.42 Å². The van der Waals surface area contributed by atoms with E-state index in [0.717, 1.165) is 13.0 Å². The number of hydrogen-bond donors (Lipinski definition) is 1. The van der Waals surface area contributed by atoms with Crippen LogP contribution in [0, 0.1) is 0 Å². The van der Waals surface area contributed by atoms with E-state index in [0.29, 0.717) is 32.1 Å². The fourth-order valence-electron chi connectivity index (χ4n) is 1.22. The summed E-state index contributed by atoms with van der Waals surface area (Å²) in [7, 11) is -2.84. The Hall–Kier alpha value is 0.160. The van der Waals surface area contributed by atoms with E-state index in [1.807, 2.05) is 6.92 Å². The molecule has 1 N–H and O–H groups in total. The number of nitrogens with one attached hydrogen (secondary N) is 1. The van der Waals surface area contributed by atoms with Gasteiger partial charge >= 0.3 is 0 Å². The van der Waals surface area contributed by atoms with Crippen LogP contribution in [0.2, 0.25) is 0 Å². The average molecular weight is 272 g/mol. The Bertz CT molecular complexity index is 244. The first-order valence-corrected chi connectivity index (χ1v) is 8.03. The third kappa shape index (κ3) is 10.7. The number of alkyl halides is 1. The topological polar surface area (TPSA) is 55.4 Å². The molecule has 0 aliphatic rings. The van der Waals surface area contributed by atoms with Crippen LogP contribution in [0.3, 0.4) is 0 Å². The first-order valence-electron chi connectivity index (χ1n) is 5.67. The third-order valence-corrected chi connectivity index (χ3v) is 3.98. The molecule has 0 bridgehead atoms. The molecule has 0 heterocycles. The largest absolute Gasteiger partial charge is 0.380 e. The van der Waals surface area contributed by atoms with Crippen molar-refractivity contribution in [1.29, 1.82) is 0 Å². The van der Waals surface area contributed by atoms with Crippen LogP contribution in [0.4, 0.5) is 0 Å². The number of ether oxygens (including phenoxy) is 1. The number of sulfone groups is 1. The van der Waals surface area contributed by atoms with Gasteiger partial charge in [0, 0.05) is 24.8 Å². The van der Waals surface area contributed by atoms with Crippen molar-refractivity contribution >= 4 is 21.4 Å². The molecule has 0 unspecified atom stereocenters. The van der Waals surface area contributed by atoms with E-state index in [1.54, 1.807) is 0 Å². The summed E-state index contributed by atoms with van der Waals surface area (Å²) in [6.07, 6.45) is 1.57. The highest BCUT2D eigenvalue weighted by Gasteiger charge is 2.07. The number of rotatable bonds is 11. The van der Waals surface area contributed by atoms with Gasteiger partial charge in [0.2, 0.25) is 0 Å². The average Bonchev–Trinajstić information content (AvgIpc) is 2.22. The molecule has 6 heteroatoms. The second-order valence-electron chi connectivity index (χ2n) is 3.56. The maximum Gasteiger partial charge on any atom is 0.151 e. The van der Waals surface area contributed by atoms with Gasteiger partial charge in [0.1, 0.15) is 0 Å². The number of hydrogen-bond acceptors (Lipinski definition) is 4. The molecule has 0 aromatic carbocycles. The van der Waals surface area contributed by atoms with Crippen molar-refractivity contribution in [2.45, 2.75) is 19.8 Å². The Morgan fingerprint density at radius 1 is 1.19 bits per heavy atom. The highest BCUT2D eigenvalue weighted by molar-refractivity contribution is 7.91. The summed E-state index contributed by atoms with van der Waals surface area (Å²) in [4.78, 5) is 0. The summed E-state index contributed by atoms with van der Waals surface area (Å²) >= 11 is 5.44. The monoisotopic (exact) mass is 271 g/mol. The Balaban J connectivity index is 3.27. The first-order chi connectivity index (χ1) is 7.62. The van der Waals surface area contributed by atoms with Gasteiger partial charge in [-0.3, -0.25) is 0 Å². The van der Waals surface area contributed by atoms with Crippen LogP contribution in [0.25, 0.3) is 0 Å². The second-order valence-corrected chi connectivity index (χ2v) is 6.24. The zero-order valence-electron chi connectivity index (χ0n) is 9.87. The molecule has 0 aliphatic carbocycles. The Morgan fingerprint density at radius 2 is 1.94 bits per heavy atom. The molecule has 0 aliphatic heterocycles. The van der Waals surface area contributed by atoms with Gasteiger partial charge in [-0.15, -0.1) is 11.6 Å². The summed E-state index contributed by atoms with van der Waals surface area (Å²) < 4.78 is 27.8. The van der Waals surface area contributed by atoms with E-state index in [9.17, 15) is 8.42 Å². The highest BCUT2D eigenvalue weighted by atomic mass is 35.5. The van der Waals surface area contributed by atoms with Gasteiger partial charge in [-0.2, -0.15) is 0 Å². The molecule has 98 valence electrons. The summed E-state index contributed by atoms with van der Waals surface area (Å²) in [6, 6.07) is 0. The molecule has 16 heavy (non-hydrogen) atoms. The van der Waals surface area contributed by atoms with Crippen LogP contribution >= 0.6 is 11.6 Å². The normalized spacial score (nSPS) is 11.9. The highest BCUT2D eigenvalue weighted by Crippen LogP contribution is 1.92. The molecule has 0 aromatic rings. The van der Waals surface area contributed by atoms with Crippen molar-refractivity contribution < 1.29 is 13.2 Å². The van der Waals surface area contributed by atoms with Crippen LogP contribution < -0.4 is 5.32 Å². The lowest BCUT2D eigenvalue weighted by Gasteiger charge is -2.05. The van der Waals surface area contributed by atoms with Crippen molar-refractivity contribution in [3.8, 4) is 0 Å². The molecule has 4 nitrogen and oxygen atoms in total. The maximum atomic E-state index is 11.3. The van der Waals surface area contributed by atoms with Crippen molar-refractivity contribution in [2.24, 2.45) is 0 Å². The zero-order valence-corrected chi connectivity index (χ0v) is 11.4. The van der Waals surface area contributed by atoms with Crippen molar-refractivity contribution in [2.75, 3.05) is 43.7 Å². The molecule has 0 atom stereocenters. The fourth-order valence-corrected chi connectivity index (χ4v) is 2.61. The predicted octanol–water partition coefficient (Wildman–Crippen LogP) is 1.05. The Morgan fingerprint density at radius 3 is 2.56 bits per heavy atom. The van der Waals surface area contributed by atoms with E-state index >= 15 is 0 Å². The molecule has 0 aromatic heterocycles. The lowest BCUT2D eigenvalue weighted by atomic mass is 10.4. The summed E-state index contributed by atoms with van der Waals surface area (Å²) in [6.45, 7) is 4.43. The van der Waals surface area contributed by atoms with Crippen LogP contribution in [0.5, 0.6) is 0 Å². The van der Waals surface area contributed by atoms with Gasteiger partial charge in [0.25, 0.3) is 0 Å². The van der Waals surface area contributed by atoms with Crippen LogP contribution in [-0.4, -0.2) is 52.1 Å². The molecule has 0 radical (unpaired) electrons. The summed E-state index contributed by atoms with van der Waals surface area (Å²) in [5.41, 5.74) is 0. The first kappa shape index (κ1) is 16.2. The van der Waals surface area contributed by atoms with E-state index in [-0.39, 0.29) is 11.5 Å². The third-order valence-electron chi connectivity index (χ3n) is 1.97. The zero-order chi connectivity index (χ0) is 12.3. The molecule has 0 spiro atoms. The molecular formula is C10H22ClNO3S. The standard InChI is InChI=1S/C10H22ClNO3S/c1-2-9-16(13,14)10-6-12-5-3-7-15-8-4-11/h12H,2-10H2,1H3. The predicted molar refractivity (Wildman–Crippen MR) is 68.0 cm³/mol. The van der Waals surface area contributed by atoms with E-state index in [1.165, 1.54) is 0 Å². The lowest BCUT2D eigenvalue weighted by Crippen LogP contribution is -2.25. The maximum absolute atomic E-state index is 11.3. The summed E-state index contributed by atoms with van der Waals surface area (Å²) in [5.74, 6) is 1.03. The van der Waals surface area contributed by atoms with Gasteiger partial charge in [-0.05, 0) is 19.4 Å². The smallest absolute Gasteiger partial charge is 0.151 e. The quantitative estimate of drug-likeness (QED) is 0.451. The van der Waals surface area contributed by atoms with Crippen LogP contribution in [0.15, 0.2) is 0 Å². The minimum atomic E-state index is -2.84. The van der Waals surface area contributed by atoms with E-state index in [4.69, 9.17) is 16.3 Å². The second kappa shape index (κ2) is 10.3. The van der Waals surface area contributed by atoms with Crippen molar-refractivity contribution in [3.05, 3.63) is 0 Å². The molecule has 0 rings (SSSR count). The van der Waals surface area contributed by atoms with E-state index < -0.39 is 9.84 Å². The van der Waals surface area contributed by atoms with Crippen LogP contribution in [0.1, 0.15) is 19.8 Å². The van der Waals surface area contributed by atoms with Gasteiger partial charge in [0.05, 0.1) is 12.4 Å². The Labute approximate surface area is 104 Å². The SMILES string of the molecule is CCCS(=O)(=O)CCNCCCOCCCl. The molecule has 0 saturated heterocycles. The molecule has 0 fully saturated rings. The minimum absolute atomic E-state index is 0.226. The minimum Gasteiger partial charge on any atom is -0.380 e. The van der Waals surface area contributed by atoms with Gasteiger partial charge in [-0.1, -0.05) is 6.92 Å². The lowest BCUT2D eigenvalue weighted by molar-refractivity contribution is 0.146. The number of halogens is 1. The van der Waals surface area contributed by atoms with Crippen LogP contribution in [-0.2, 0) is 14.6 Å². The Kier molecular flexibility index (Phi) is 10.4. The van der Waals surface area contributed by atoms with E-state index in [2.05, 4.69) is 5.32 Å². The van der Waals surface area contributed by atoms with Gasteiger partial charge < -0.3 is 10.1 Å². The van der Waals surface area contributed by atoms with Crippen molar-refractivity contribution in [3.63, 3.8) is 0 Å². The summed E-state index contributed by atoms with van der Waals surface area (Å²) in [5, 5.41) is 3.08. The molecular weight excluding hydrogens is 250 g/mol. The van der Waals surface area contributed by atoms with Gasteiger partial charge in [0.15, 0.2) is 9.84 Å². The molecule has 0 amide bonds. The van der Waals surface area contributed by atoms with Crippen molar-refractivity contribution in [1.82, 2.24) is 5.32 Å².